The van der Waals surface area contributed by atoms with Crippen LogP contribution in [0.5, 0.6) is 0 Å². The second-order valence-electron chi connectivity index (χ2n) is 4.28. The summed E-state index contributed by atoms with van der Waals surface area (Å²) in [5, 5.41) is 1.65. The number of aromatic amines is 1. The largest absolute Gasteiger partial charge is 0.416 e. The van der Waals surface area contributed by atoms with E-state index in [1.165, 1.54) is 0 Å². The zero-order chi connectivity index (χ0) is 15.2. The third-order valence-corrected chi connectivity index (χ3v) is 3.86. The summed E-state index contributed by atoms with van der Waals surface area (Å²) < 4.78 is 38.7. The number of rotatable bonds is 1. The number of hydrogen-bond acceptors (Lipinski definition) is 3. The van der Waals surface area contributed by atoms with E-state index in [0.29, 0.717) is 10.2 Å². The van der Waals surface area contributed by atoms with Crippen LogP contribution in [0, 0.1) is 0 Å². The van der Waals surface area contributed by atoms with E-state index >= 15 is 0 Å². The highest BCUT2D eigenvalue weighted by molar-refractivity contribution is 7.17. The molecule has 21 heavy (non-hydrogen) atoms. The summed E-state index contributed by atoms with van der Waals surface area (Å²) in [6.07, 6.45) is -4.46. The molecule has 0 aliphatic heterocycles. The number of alkyl halides is 3. The van der Waals surface area contributed by atoms with Crippen LogP contribution < -0.4 is 11.2 Å². The van der Waals surface area contributed by atoms with Crippen molar-refractivity contribution >= 4 is 21.6 Å². The number of thiophene rings is 1. The van der Waals surface area contributed by atoms with E-state index in [-0.39, 0.29) is 5.69 Å². The highest BCUT2D eigenvalue weighted by Gasteiger charge is 2.30. The van der Waals surface area contributed by atoms with Gasteiger partial charge in [0.1, 0.15) is 4.70 Å². The zero-order valence-corrected chi connectivity index (χ0v) is 11.1. The lowest BCUT2D eigenvalue weighted by atomic mass is 10.2. The fourth-order valence-corrected chi connectivity index (χ4v) is 2.75. The van der Waals surface area contributed by atoms with Crippen LogP contribution >= 0.6 is 11.3 Å². The first-order chi connectivity index (χ1) is 9.88. The molecule has 0 radical (unpaired) electrons. The van der Waals surface area contributed by atoms with E-state index in [1.807, 2.05) is 0 Å². The fourth-order valence-electron chi connectivity index (χ4n) is 1.97. The maximum Gasteiger partial charge on any atom is 0.416 e. The van der Waals surface area contributed by atoms with Gasteiger partial charge in [0.05, 0.1) is 16.8 Å². The molecule has 2 heterocycles. The van der Waals surface area contributed by atoms with Crippen molar-refractivity contribution in [2.24, 2.45) is 0 Å². The summed E-state index contributed by atoms with van der Waals surface area (Å²) in [5.74, 6) is 0. The van der Waals surface area contributed by atoms with Crippen molar-refractivity contribution in [3.8, 4) is 5.69 Å². The molecule has 0 unspecified atom stereocenters. The van der Waals surface area contributed by atoms with Crippen molar-refractivity contribution < 1.29 is 13.2 Å². The van der Waals surface area contributed by atoms with Gasteiger partial charge >= 0.3 is 11.9 Å². The zero-order valence-electron chi connectivity index (χ0n) is 10.3. The second-order valence-corrected chi connectivity index (χ2v) is 5.19. The predicted molar refractivity (Wildman–Crippen MR) is 73.0 cm³/mol. The van der Waals surface area contributed by atoms with E-state index < -0.39 is 23.0 Å². The molecule has 8 heteroatoms. The molecule has 0 amide bonds. The molecule has 0 spiro atoms. The van der Waals surface area contributed by atoms with Gasteiger partial charge in [-0.1, -0.05) is 0 Å². The van der Waals surface area contributed by atoms with Gasteiger partial charge in [-0.2, -0.15) is 13.2 Å². The predicted octanol–water partition coefficient (Wildman–Crippen LogP) is 2.76. The first-order valence-corrected chi connectivity index (χ1v) is 6.66. The monoisotopic (exact) mass is 312 g/mol. The minimum absolute atomic E-state index is 0.0875. The quantitative estimate of drug-likeness (QED) is 0.751. The number of nitrogens with one attached hydrogen (secondary N) is 1. The van der Waals surface area contributed by atoms with Crippen molar-refractivity contribution in [1.29, 1.82) is 0 Å². The molecule has 3 aromatic rings. The maximum absolute atomic E-state index is 12.5. The Kier molecular flexibility index (Phi) is 2.98. The highest BCUT2D eigenvalue weighted by atomic mass is 32.1. The Morgan fingerprint density at radius 2 is 1.71 bits per heavy atom. The van der Waals surface area contributed by atoms with Crippen molar-refractivity contribution in [2.45, 2.75) is 6.18 Å². The van der Waals surface area contributed by atoms with Gasteiger partial charge in [-0.15, -0.1) is 11.3 Å². The Labute approximate surface area is 119 Å². The first-order valence-electron chi connectivity index (χ1n) is 5.78. The van der Waals surface area contributed by atoms with Gasteiger partial charge in [0.15, 0.2) is 0 Å². The van der Waals surface area contributed by atoms with Gasteiger partial charge in [0, 0.05) is 0 Å². The lowest BCUT2D eigenvalue weighted by molar-refractivity contribution is -0.137. The standard InChI is InChI=1S/C13H7F3N2O2S/c14-13(15,16)7-1-3-8(4-2-7)18-11(19)10-9(5-6-21-10)17-12(18)20/h1-6H,(H,17,20). The van der Waals surface area contributed by atoms with E-state index in [1.54, 1.807) is 11.4 Å². The van der Waals surface area contributed by atoms with Crippen LogP contribution in [0.15, 0.2) is 45.3 Å². The van der Waals surface area contributed by atoms with Crippen LogP contribution in [0.4, 0.5) is 13.2 Å². The molecule has 1 N–H and O–H groups in total. The highest BCUT2D eigenvalue weighted by Crippen LogP contribution is 2.29. The van der Waals surface area contributed by atoms with Crippen LogP contribution in [0.25, 0.3) is 15.9 Å². The van der Waals surface area contributed by atoms with Crippen LogP contribution in [-0.4, -0.2) is 9.55 Å². The lowest BCUT2D eigenvalue weighted by Crippen LogP contribution is -2.33. The van der Waals surface area contributed by atoms with E-state index in [4.69, 9.17) is 0 Å². The maximum atomic E-state index is 12.5. The van der Waals surface area contributed by atoms with Crippen molar-refractivity contribution in [1.82, 2.24) is 9.55 Å². The molecule has 0 saturated carbocycles. The van der Waals surface area contributed by atoms with E-state index in [2.05, 4.69) is 4.98 Å². The fraction of sp³-hybridized carbons (Fsp3) is 0.0769. The van der Waals surface area contributed by atoms with Gasteiger partial charge in [-0.25, -0.2) is 9.36 Å². The summed E-state index contributed by atoms with van der Waals surface area (Å²) in [6, 6.07) is 5.46. The molecule has 4 nitrogen and oxygen atoms in total. The molecule has 0 aliphatic carbocycles. The Morgan fingerprint density at radius 3 is 2.33 bits per heavy atom. The third kappa shape index (κ3) is 2.27. The molecule has 3 rings (SSSR count). The summed E-state index contributed by atoms with van der Waals surface area (Å²) >= 11 is 1.16. The van der Waals surface area contributed by atoms with Crippen LogP contribution in [0.3, 0.4) is 0 Å². The van der Waals surface area contributed by atoms with Crippen LogP contribution in [0.2, 0.25) is 0 Å². The summed E-state index contributed by atoms with van der Waals surface area (Å²) in [5.41, 5.74) is -1.58. The average Bonchev–Trinajstić information content (AvgIpc) is 2.86. The van der Waals surface area contributed by atoms with Gasteiger partial charge in [-0.05, 0) is 35.7 Å². The van der Waals surface area contributed by atoms with Gasteiger partial charge < -0.3 is 4.98 Å². The van der Waals surface area contributed by atoms with Crippen molar-refractivity contribution in [3.05, 3.63) is 62.1 Å². The molecule has 0 saturated heterocycles. The Bertz CT molecular complexity index is 919. The third-order valence-electron chi connectivity index (χ3n) is 2.96. The number of H-pyrrole nitrogens is 1. The first kappa shape index (κ1) is 13.6. The van der Waals surface area contributed by atoms with Crippen molar-refractivity contribution in [2.75, 3.05) is 0 Å². The topological polar surface area (TPSA) is 54.9 Å². The molecular formula is C13H7F3N2O2S. The lowest BCUT2D eigenvalue weighted by Gasteiger charge is -2.08. The summed E-state index contributed by atoms with van der Waals surface area (Å²) in [7, 11) is 0. The number of benzene rings is 1. The molecule has 0 aliphatic rings. The number of halogens is 3. The molecule has 2 aromatic heterocycles. The van der Waals surface area contributed by atoms with Crippen LogP contribution in [-0.2, 0) is 6.18 Å². The average molecular weight is 312 g/mol. The number of fused-ring (bicyclic) bond motifs is 1. The summed E-state index contributed by atoms with van der Waals surface area (Å²) in [6.45, 7) is 0. The Morgan fingerprint density at radius 1 is 1.05 bits per heavy atom. The molecule has 0 fully saturated rings. The summed E-state index contributed by atoms with van der Waals surface area (Å²) in [4.78, 5) is 26.7. The van der Waals surface area contributed by atoms with Gasteiger partial charge in [0.2, 0.25) is 0 Å². The van der Waals surface area contributed by atoms with E-state index in [9.17, 15) is 22.8 Å². The smallest absolute Gasteiger partial charge is 0.306 e. The molecule has 0 bridgehead atoms. The molecular weight excluding hydrogens is 305 g/mol. The number of hydrogen-bond donors (Lipinski definition) is 1. The molecule has 108 valence electrons. The van der Waals surface area contributed by atoms with Gasteiger partial charge in [-0.3, -0.25) is 4.79 Å². The number of aromatic nitrogens is 2. The Hall–Kier alpha value is -2.35. The van der Waals surface area contributed by atoms with Crippen molar-refractivity contribution in [3.63, 3.8) is 0 Å². The second kappa shape index (κ2) is 4.59. The van der Waals surface area contributed by atoms with E-state index in [0.717, 1.165) is 40.2 Å². The minimum atomic E-state index is -4.46. The Balaban J connectivity index is 2.21. The van der Waals surface area contributed by atoms with Crippen LogP contribution in [0.1, 0.15) is 5.56 Å². The normalized spacial score (nSPS) is 12.0. The molecule has 0 atom stereocenters. The molecule has 1 aromatic carbocycles. The van der Waals surface area contributed by atoms with Gasteiger partial charge in [0.25, 0.3) is 5.56 Å². The number of nitrogens with zero attached hydrogens (tertiary/aromatic N) is 1. The minimum Gasteiger partial charge on any atom is -0.306 e. The SMILES string of the molecule is O=c1[nH]c2ccsc2c(=O)n1-c1ccc(C(F)(F)F)cc1.